The molecule has 9 rings (SSSR count). The molecule has 0 amide bonds. The lowest BCUT2D eigenvalue weighted by molar-refractivity contribution is -0.0742. The van der Waals surface area contributed by atoms with Gasteiger partial charge in [-0.3, -0.25) is 10.6 Å². The molecule has 0 radical (unpaired) electrons. The standard InChI is InChI=1S/C42H70N2O/c1-3-12-27(13-4-1)29-16-11-17-30(24-29)31-22-23-35-38(25-31)45-39-26-36(32-18-7-8-19-33(32)40(35)39)42-43-37-21-10-9-20-34(37)41(44-42)28-14-5-2-6-15-28/h27-44H,1-26H2. The van der Waals surface area contributed by atoms with Gasteiger partial charge in [-0.15, -0.1) is 0 Å². The molecule has 3 nitrogen and oxygen atoms in total. The van der Waals surface area contributed by atoms with Crippen molar-refractivity contribution in [3.63, 3.8) is 0 Å². The van der Waals surface area contributed by atoms with Crippen LogP contribution < -0.4 is 10.6 Å². The van der Waals surface area contributed by atoms with Crippen LogP contribution in [0.1, 0.15) is 167 Å². The van der Waals surface area contributed by atoms with Gasteiger partial charge in [0.2, 0.25) is 0 Å². The maximum atomic E-state index is 7.40. The van der Waals surface area contributed by atoms with E-state index in [2.05, 4.69) is 10.6 Å². The molecule has 2 N–H and O–H groups in total. The van der Waals surface area contributed by atoms with Crippen molar-refractivity contribution in [2.75, 3.05) is 0 Å². The van der Waals surface area contributed by atoms with Crippen molar-refractivity contribution in [2.45, 2.75) is 197 Å². The first-order valence-electron chi connectivity index (χ1n) is 21.5. The SMILES string of the molecule is C1CCC(C2CCCC(C3CCC4C(C3)OC3CC(C5NC6CCCCC6C(C6CCCCC6)N5)C5CCCCC5C34)C2)CC1. The van der Waals surface area contributed by atoms with Crippen LogP contribution in [0, 0.1) is 65.1 Å². The van der Waals surface area contributed by atoms with Crippen LogP contribution >= 0.6 is 0 Å². The van der Waals surface area contributed by atoms with Gasteiger partial charge in [-0.2, -0.15) is 0 Å². The number of rotatable bonds is 4. The maximum Gasteiger partial charge on any atom is 0.0617 e. The van der Waals surface area contributed by atoms with Crippen LogP contribution in [0.3, 0.4) is 0 Å². The summed E-state index contributed by atoms with van der Waals surface area (Å²) in [5.41, 5.74) is 0. The molecule has 0 aromatic rings. The first-order valence-corrected chi connectivity index (χ1v) is 21.5. The molecule has 2 saturated heterocycles. The van der Waals surface area contributed by atoms with E-state index < -0.39 is 0 Å². The van der Waals surface area contributed by atoms with Gasteiger partial charge in [0.1, 0.15) is 0 Å². The molecule has 9 aliphatic rings. The zero-order chi connectivity index (χ0) is 29.7. The van der Waals surface area contributed by atoms with E-state index in [4.69, 9.17) is 4.74 Å². The highest BCUT2D eigenvalue weighted by molar-refractivity contribution is 5.08. The molecule has 2 aliphatic heterocycles. The summed E-state index contributed by atoms with van der Waals surface area (Å²) in [5.74, 6) is 10.4. The number of hydrogen-bond acceptors (Lipinski definition) is 3. The summed E-state index contributed by atoms with van der Waals surface area (Å²) in [6.45, 7) is 0. The Hall–Kier alpha value is -0.120. The van der Waals surface area contributed by atoms with Gasteiger partial charge in [-0.25, -0.2) is 0 Å². The number of ether oxygens (including phenoxy) is 1. The number of hydrogen-bond donors (Lipinski definition) is 2. The molecule has 45 heavy (non-hydrogen) atoms. The van der Waals surface area contributed by atoms with E-state index in [0.717, 1.165) is 77.2 Å². The Bertz CT molecular complexity index is 972. The Balaban J connectivity index is 0.900. The summed E-state index contributed by atoms with van der Waals surface area (Å²) in [6.07, 6.45) is 40.6. The third kappa shape index (κ3) is 6.04. The minimum atomic E-state index is 0.542. The predicted molar refractivity (Wildman–Crippen MR) is 185 cm³/mol. The fourth-order valence-electron chi connectivity index (χ4n) is 15.0. The van der Waals surface area contributed by atoms with E-state index in [1.165, 1.54) is 141 Å². The highest BCUT2D eigenvalue weighted by atomic mass is 16.5. The fourth-order valence-corrected chi connectivity index (χ4v) is 15.0. The molecule has 7 aliphatic carbocycles. The lowest BCUT2D eigenvalue weighted by Crippen LogP contribution is -2.69. The lowest BCUT2D eigenvalue weighted by Gasteiger charge is -2.56. The van der Waals surface area contributed by atoms with E-state index in [1.54, 1.807) is 25.7 Å². The molecule has 2 heterocycles. The minimum Gasteiger partial charge on any atom is -0.374 e. The van der Waals surface area contributed by atoms with Gasteiger partial charge in [0, 0.05) is 12.1 Å². The van der Waals surface area contributed by atoms with Crippen molar-refractivity contribution in [2.24, 2.45) is 65.1 Å². The van der Waals surface area contributed by atoms with Gasteiger partial charge in [-0.05, 0) is 136 Å². The molecule has 254 valence electrons. The Morgan fingerprint density at radius 1 is 0.356 bits per heavy atom. The third-order valence-electron chi connectivity index (χ3n) is 17.0. The summed E-state index contributed by atoms with van der Waals surface area (Å²) in [5, 5.41) is 8.87. The predicted octanol–water partition coefficient (Wildman–Crippen LogP) is 10.0. The molecule has 7 saturated carbocycles. The van der Waals surface area contributed by atoms with Gasteiger partial charge in [0.15, 0.2) is 0 Å². The smallest absolute Gasteiger partial charge is 0.0617 e. The fraction of sp³-hybridized carbons (Fsp3) is 1.00. The normalized spacial score (nSPS) is 51.5. The molecule has 9 fully saturated rings. The van der Waals surface area contributed by atoms with Crippen LogP contribution in [0.2, 0.25) is 0 Å². The Labute approximate surface area is 277 Å². The molecule has 0 aromatic carbocycles. The number of nitrogens with one attached hydrogen (secondary N) is 2. The van der Waals surface area contributed by atoms with Crippen molar-refractivity contribution in [1.29, 1.82) is 0 Å². The summed E-state index contributed by atoms with van der Waals surface area (Å²) in [6, 6.07) is 1.56. The molecular formula is C42H70N2O. The van der Waals surface area contributed by atoms with E-state index in [9.17, 15) is 0 Å². The van der Waals surface area contributed by atoms with Crippen molar-refractivity contribution in [3.05, 3.63) is 0 Å². The van der Waals surface area contributed by atoms with E-state index in [1.807, 2.05) is 0 Å². The van der Waals surface area contributed by atoms with Gasteiger partial charge in [-0.1, -0.05) is 96.3 Å². The monoisotopic (exact) mass is 619 g/mol. The van der Waals surface area contributed by atoms with Crippen LogP contribution in [0.5, 0.6) is 0 Å². The minimum absolute atomic E-state index is 0.542. The molecule has 3 heteroatoms. The van der Waals surface area contributed by atoms with Crippen molar-refractivity contribution in [3.8, 4) is 0 Å². The van der Waals surface area contributed by atoms with Crippen molar-refractivity contribution >= 4 is 0 Å². The van der Waals surface area contributed by atoms with Crippen LogP contribution in [-0.2, 0) is 4.74 Å². The second-order valence-corrected chi connectivity index (χ2v) is 18.9. The summed E-state index contributed by atoms with van der Waals surface area (Å²) in [4.78, 5) is 0. The molecular weight excluding hydrogens is 548 g/mol. The Morgan fingerprint density at radius 2 is 0.978 bits per heavy atom. The second kappa shape index (κ2) is 13.7. The van der Waals surface area contributed by atoms with Gasteiger partial charge < -0.3 is 4.74 Å². The van der Waals surface area contributed by atoms with Crippen LogP contribution in [0.15, 0.2) is 0 Å². The highest BCUT2D eigenvalue weighted by Gasteiger charge is 2.58. The topological polar surface area (TPSA) is 33.3 Å². The summed E-state index contributed by atoms with van der Waals surface area (Å²) >= 11 is 0. The highest BCUT2D eigenvalue weighted by Crippen LogP contribution is 2.59. The third-order valence-corrected chi connectivity index (χ3v) is 17.0. The van der Waals surface area contributed by atoms with Gasteiger partial charge in [0.25, 0.3) is 0 Å². The van der Waals surface area contributed by atoms with Gasteiger partial charge in [0.05, 0.1) is 18.4 Å². The largest absolute Gasteiger partial charge is 0.374 e. The van der Waals surface area contributed by atoms with Crippen molar-refractivity contribution in [1.82, 2.24) is 10.6 Å². The molecule has 0 bridgehead atoms. The van der Waals surface area contributed by atoms with E-state index >= 15 is 0 Å². The van der Waals surface area contributed by atoms with Gasteiger partial charge >= 0.3 is 0 Å². The Kier molecular flexibility index (Phi) is 9.37. The molecule has 14 atom stereocenters. The average Bonchev–Trinajstić information content (AvgIpc) is 3.50. The first-order chi connectivity index (χ1) is 22.3. The quantitative estimate of drug-likeness (QED) is 0.329. The van der Waals surface area contributed by atoms with Crippen molar-refractivity contribution < 1.29 is 4.74 Å². The van der Waals surface area contributed by atoms with Crippen LogP contribution in [0.25, 0.3) is 0 Å². The maximum absolute atomic E-state index is 7.40. The zero-order valence-corrected chi connectivity index (χ0v) is 29.0. The van der Waals surface area contributed by atoms with Crippen LogP contribution in [-0.4, -0.2) is 30.5 Å². The molecule has 0 spiro atoms. The van der Waals surface area contributed by atoms with Crippen LogP contribution in [0.4, 0.5) is 0 Å². The lowest BCUT2D eigenvalue weighted by atomic mass is 9.55. The van der Waals surface area contributed by atoms with E-state index in [-0.39, 0.29) is 0 Å². The zero-order valence-electron chi connectivity index (χ0n) is 29.0. The molecule has 0 aromatic heterocycles. The average molecular weight is 619 g/mol. The summed E-state index contributed by atoms with van der Waals surface area (Å²) in [7, 11) is 0. The first kappa shape index (κ1) is 30.9. The second-order valence-electron chi connectivity index (χ2n) is 18.9. The Morgan fingerprint density at radius 3 is 1.78 bits per heavy atom. The summed E-state index contributed by atoms with van der Waals surface area (Å²) < 4.78 is 7.40. The van der Waals surface area contributed by atoms with E-state index in [0.29, 0.717) is 18.4 Å². The molecule has 14 unspecified atom stereocenters. The number of fused-ring (bicyclic) bond motifs is 6.